The molecule has 2 aromatic carbocycles. The summed E-state index contributed by atoms with van der Waals surface area (Å²) in [5, 5.41) is 4.16. The maximum absolute atomic E-state index is 12.2. The molecule has 5 heteroatoms. The molecule has 124 valence electrons. The summed E-state index contributed by atoms with van der Waals surface area (Å²) in [7, 11) is 1.68. The van der Waals surface area contributed by atoms with Crippen LogP contribution in [0.25, 0.3) is 0 Å². The van der Waals surface area contributed by atoms with Crippen LogP contribution in [0.1, 0.15) is 39.9 Å². The van der Waals surface area contributed by atoms with Gasteiger partial charge in [-0.05, 0) is 84.2 Å². The maximum Gasteiger partial charge on any atom is 0.366 e. The number of rotatable bonds is 3. The molecular formula is C19H18INO3. The predicted octanol–water partition coefficient (Wildman–Crippen LogP) is 4.51. The third-order valence-electron chi connectivity index (χ3n) is 4.25. The molecule has 0 unspecified atom stereocenters. The first kappa shape index (κ1) is 17.0. The van der Waals surface area contributed by atoms with E-state index in [1.807, 2.05) is 30.3 Å². The van der Waals surface area contributed by atoms with Crippen LogP contribution in [0.3, 0.4) is 0 Å². The fraction of sp³-hybridized carbons (Fsp3) is 0.263. The Hall–Kier alpha value is -1.89. The summed E-state index contributed by atoms with van der Waals surface area (Å²) in [6, 6.07) is 11.3. The lowest BCUT2D eigenvalue weighted by Crippen LogP contribution is -2.15. The normalized spacial score (nSPS) is 15.0. The molecule has 0 saturated heterocycles. The first-order chi connectivity index (χ1) is 11.6. The number of fused-ring (bicyclic) bond motifs is 1. The standard InChI is InChI=1S/C19H18INO3/c1-12-13-7-5-9-17(14(13)10-11-18(12)23-2)21-24-19(22)15-6-3-4-8-16(15)20/h3-4,6,8,10-11H,5,7,9H2,1-2H3/b21-17-. The Kier molecular flexibility index (Phi) is 5.18. The van der Waals surface area contributed by atoms with Crippen molar-refractivity contribution in [2.75, 3.05) is 7.11 Å². The lowest BCUT2D eigenvalue weighted by molar-refractivity contribution is 0.0514. The second-order valence-corrected chi connectivity index (χ2v) is 6.83. The Morgan fingerprint density at radius 3 is 2.71 bits per heavy atom. The molecule has 0 bridgehead atoms. The highest BCUT2D eigenvalue weighted by Crippen LogP contribution is 2.30. The van der Waals surface area contributed by atoms with E-state index >= 15 is 0 Å². The quantitative estimate of drug-likeness (QED) is 0.405. The average Bonchev–Trinajstić information content (AvgIpc) is 2.60. The van der Waals surface area contributed by atoms with E-state index in [9.17, 15) is 4.79 Å². The van der Waals surface area contributed by atoms with Gasteiger partial charge in [0.15, 0.2) is 0 Å². The van der Waals surface area contributed by atoms with Gasteiger partial charge in [-0.25, -0.2) is 4.79 Å². The molecule has 0 atom stereocenters. The Morgan fingerprint density at radius 1 is 1.17 bits per heavy atom. The molecule has 0 spiro atoms. The highest BCUT2D eigenvalue weighted by Gasteiger charge is 2.20. The Balaban J connectivity index is 1.87. The molecule has 1 aliphatic carbocycles. The van der Waals surface area contributed by atoms with Gasteiger partial charge in [0, 0.05) is 9.13 Å². The number of carbonyl (C=O) groups excluding carboxylic acids is 1. The van der Waals surface area contributed by atoms with Crippen molar-refractivity contribution in [3.63, 3.8) is 0 Å². The van der Waals surface area contributed by atoms with Crippen LogP contribution in [-0.4, -0.2) is 18.8 Å². The van der Waals surface area contributed by atoms with Gasteiger partial charge >= 0.3 is 5.97 Å². The minimum absolute atomic E-state index is 0.426. The van der Waals surface area contributed by atoms with Crippen molar-refractivity contribution in [2.24, 2.45) is 5.16 Å². The van der Waals surface area contributed by atoms with Crippen LogP contribution < -0.4 is 4.74 Å². The van der Waals surface area contributed by atoms with Crippen molar-refractivity contribution in [3.8, 4) is 5.75 Å². The summed E-state index contributed by atoms with van der Waals surface area (Å²) in [4.78, 5) is 17.4. The largest absolute Gasteiger partial charge is 0.496 e. The van der Waals surface area contributed by atoms with Crippen LogP contribution in [0.5, 0.6) is 5.75 Å². The van der Waals surface area contributed by atoms with E-state index in [-0.39, 0.29) is 0 Å². The number of benzene rings is 2. The number of oxime groups is 1. The Morgan fingerprint density at radius 2 is 1.96 bits per heavy atom. The van der Waals surface area contributed by atoms with Crippen molar-refractivity contribution < 1.29 is 14.4 Å². The van der Waals surface area contributed by atoms with Gasteiger partial charge in [-0.1, -0.05) is 17.3 Å². The molecule has 0 fully saturated rings. The molecule has 0 aromatic heterocycles. The van der Waals surface area contributed by atoms with E-state index in [2.05, 4.69) is 34.7 Å². The van der Waals surface area contributed by atoms with Gasteiger partial charge in [-0.3, -0.25) is 0 Å². The van der Waals surface area contributed by atoms with Crippen molar-refractivity contribution in [3.05, 3.63) is 62.2 Å². The Bertz CT molecular complexity index is 814. The lowest BCUT2D eigenvalue weighted by Gasteiger charge is -2.21. The van der Waals surface area contributed by atoms with Crippen LogP contribution in [0.2, 0.25) is 0 Å². The summed E-state index contributed by atoms with van der Waals surface area (Å²) in [6.07, 6.45) is 2.78. The molecule has 0 radical (unpaired) electrons. The van der Waals surface area contributed by atoms with Gasteiger partial charge in [0.1, 0.15) is 5.75 Å². The molecule has 0 N–H and O–H groups in total. The van der Waals surface area contributed by atoms with Crippen LogP contribution >= 0.6 is 22.6 Å². The summed E-state index contributed by atoms with van der Waals surface area (Å²) < 4.78 is 6.24. The first-order valence-electron chi connectivity index (χ1n) is 7.81. The van der Waals surface area contributed by atoms with Crippen LogP contribution in [0, 0.1) is 10.5 Å². The smallest absolute Gasteiger partial charge is 0.366 e. The van der Waals surface area contributed by atoms with E-state index in [1.54, 1.807) is 13.2 Å². The van der Waals surface area contributed by atoms with E-state index in [4.69, 9.17) is 9.57 Å². The molecular weight excluding hydrogens is 417 g/mol. The minimum atomic E-state index is -0.426. The van der Waals surface area contributed by atoms with Gasteiger partial charge < -0.3 is 9.57 Å². The number of halogens is 1. The van der Waals surface area contributed by atoms with Crippen LogP contribution in [0.15, 0.2) is 41.6 Å². The summed E-state index contributed by atoms with van der Waals surface area (Å²) in [5.41, 5.74) is 4.76. The lowest BCUT2D eigenvalue weighted by atomic mass is 9.87. The predicted molar refractivity (Wildman–Crippen MR) is 102 cm³/mol. The van der Waals surface area contributed by atoms with Crippen molar-refractivity contribution >= 4 is 34.3 Å². The van der Waals surface area contributed by atoms with Crippen molar-refractivity contribution in [1.82, 2.24) is 0 Å². The van der Waals surface area contributed by atoms with Gasteiger partial charge in [-0.2, -0.15) is 0 Å². The monoisotopic (exact) mass is 435 g/mol. The maximum atomic E-state index is 12.2. The number of hydrogen-bond donors (Lipinski definition) is 0. The molecule has 0 heterocycles. The number of carbonyl (C=O) groups is 1. The van der Waals surface area contributed by atoms with E-state index in [0.717, 1.165) is 45.4 Å². The topological polar surface area (TPSA) is 47.9 Å². The molecule has 0 saturated carbocycles. The van der Waals surface area contributed by atoms with E-state index in [1.165, 1.54) is 5.56 Å². The summed E-state index contributed by atoms with van der Waals surface area (Å²) >= 11 is 2.12. The number of methoxy groups -OCH3 is 1. The number of nitrogens with zero attached hydrogens (tertiary/aromatic N) is 1. The zero-order valence-electron chi connectivity index (χ0n) is 13.6. The second kappa shape index (κ2) is 7.34. The number of hydrogen-bond acceptors (Lipinski definition) is 4. The minimum Gasteiger partial charge on any atom is -0.496 e. The Labute approximate surface area is 155 Å². The second-order valence-electron chi connectivity index (χ2n) is 5.67. The van der Waals surface area contributed by atoms with Crippen LogP contribution in [0.4, 0.5) is 0 Å². The number of ether oxygens (including phenoxy) is 1. The molecule has 2 aromatic rings. The first-order valence-corrected chi connectivity index (χ1v) is 8.89. The van der Waals surface area contributed by atoms with Gasteiger partial charge in [0.25, 0.3) is 0 Å². The van der Waals surface area contributed by atoms with Gasteiger partial charge in [0.2, 0.25) is 0 Å². The molecule has 24 heavy (non-hydrogen) atoms. The average molecular weight is 435 g/mol. The third-order valence-corrected chi connectivity index (χ3v) is 5.19. The highest BCUT2D eigenvalue weighted by atomic mass is 127. The zero-order chi connectivity index (χ0) is 17.1. The molecule has 1 aliphatic rings. The SMILES string of the molecule is COc1ccc2c(c1C)CCC/C2=N/OC(=O)c1ccccc1I. The van der Waals surface area contributed by atoms with Crippen molar-refractivity contribution in [1.29, 1.82) is 0 Å². The zero-order valence-corrected chi connectivity index (χ0v) is 15.8. The van der Waals surface area contributed by atoms with E-state index in [0.29, 0.717) is 5.56 Å². The highest BCUT2D eigenvalue weighted by molar-refractivity contribution is 14.1. The van der Waals surface area contributed by atoms with Gasteiger partial charge in [-0.15, -0.1) is 0 Å². The molecule has 0 amide bonds. The summed E-state index contributed by atoms with van der Waals surface area (Å²) in [6.45, 7) is 2.05. The van der Waals surface area contributed by atoms with Crippen LogP contribution in [-0.2, 0) is 11.3 Å². The van der Waals surface area contributed by atoms with E-state index < -0.39 is 5.97 Å². The third kappa shape index (κ3) is 3.31. The summed E-state index contributed by atoms with van der Waals surface area (Å²) in [5.74, 6) is 0.454. The fourth-order valence-electron chi connectivity index (χ4n) is 2.98. The van der Waals surface area contributed by atoms with Gasteiger partial charge in [0.05, 0.1) is 18.4 Å². The van der Waals surface area contributed by atoms with Crippen molar-refractivity contribution in [2.45, 2.75) is 26.2 Å². The molecule has 0 aliphatic heterocycles. The molecule has 4 nitrogen and oxygen atoms in total. The molecule has 3 rings (SSSR count). The fourth-order valence-corrected chi connectivity index (χ4v) is 3.59.